The van der Waals surface area contributed by atoms with Gasteiger partial charge in [-0.3, -0.25) is 9.78 Å². The van der Waals surface area contributed by atoms with E-state index in [0.717, 1.165) is 49.3 Å². The van der Waals surface area contributed by atoms with Crippen LogP contribution in [0.25, 0.3) is 0 Å². The Balaban J connectivity index is 1.76. The summed E-state index contributed by atoms with van der Waals surface area (Å²) in [6, 6.07) is -0.412. The Labute approximate surface area is 142 Å². The molecule has 1 aromatic rings. The fourth-order valence-corrected chi connectivity index (χ4v) is 3.91. The van der Waals surface area contributed by atoms with Gasteiger partial charge in [-0.15, -0.1) is 0 Å². The lowest BCUT2D eigenvalue weighted by Gasteiger charge is -2.23. The lowest BCUT2D eigenvalue weighted by molar-refractivity contribution is 0.0901. The molecular weight excluding hydrogens is 328 g/mol. The molecule has 1 aliphatic heterocycles. The topological polar surface area (TPSA) is 85.4 Å². The number of nitrogens with one attached hydrogen (secondary N) is 1. The second-order valence-electron chi connectivity index (χ2n) is 6.76. The van der Waals surface area contributed by atoms with E-state index in [1.807, 2.05) is 0 Å². The molecule has 0 aromatic carbocycles. The summed E-state index contributed by atoms with van der Waals surface area (Å²) in [6.07, 6.45) is 11.0. The molecule has 1 spiro atoms. The minimum atomic E-state index is -3.21. The van der Waals surface area contributed by atoms with Crippen molar-refractivity contribution in [3.8, 4) is 5.75 Å². The molecule has 1 unspecified atom stereocenters. The van der Waals surface area contributed by atoms with Gasteiger partial charge in [0.25, 0.3) is 5.91 Å². The molecule has 1 amide bonds. The van der Waals surface area contributed by atoms with Crippen LogP contribution in [0, 0.1) is 0 Å². The highest BCUT2D eigenvalue weighted by Crippen LogP contribution is 2.45. The summed E-state index contributed by atoms with van der Waals surface area (Å²) >= 11 is 0. The number of carbonyl (C=O) groups is 1. The molecule has 2 aliphatic rings. The van der Waals surface area contributed by atoms with Gasteiger partial charge in [-0.1, -0.05) is 6.08 Å². The highest BCUT2D eigenvalue weighted by atomic mass is 32.2. The van der Waals surface area contributed by atoms with Gasteiger partial charge in [0.15, 0.2) is 9.84 Å². The molecule has 1 fully saturated rings. The number of amides is 1. The van der Waals surface area contributed by atoms with Gasteiger partial charge >= 0.3 is 0 Å². The molecule has 130 valence electrons. The van der Waals surface area contributed by atoms with Gasteiger partial charge in [0.1, 0.15) is 11.4 Å². The third-order valence-corrected chi connectivity index (χ3v) is 5.19. The first-order chi connectivity index (χ1) is 11.3. The zero-order chi connectivity index (χ0) is 17.4. The number of aromatic nitrogens is 1. The zero-order valence-corrected chi connectivity index (χ0v) is 14.7. The first-order valence-corrected chi connectivity index (χ1v) is 10.1. The van der Waals surface area contributed by atoms with Crippen LogP contribution in [0.1, 0.15) is 48.5 Å². The molecule has 1 N–H and O–H groups in total. The van der Waals surface area contributed by atoms with Crippen molar-refractivity contribution in [2.24, 2.45) is 0 Å². The first-order valence-electron chi connectivity index (χ1n) is 8.13. The molecule has 6 nitrogen and oxygen atoms in total. The second kappa shape index (κ2) is 6.20. The lowest BCUT2D eigenvalue weighted by Crippen LogP contribution is -2.33. The van der Waals surface area contributed by atoms with Crippen molar-refractivity contribution in [1.29, 1.82) is 0 Å². The van der Waals surface area contributed by atoms with E-state index in [4.69, 9.17) is 4.74 Å². The smallest absolute Gasteiger partial charge is 0.257 e. The van der Waals surface area contributed by atoms with E-state index < -0.39 is 15.9 Å². The normalized spacial score (nSPS) is 20.1. The van der Waals surface area contributed by atoms with Gasteiger partial charge in [0.05, 0.1) is 5.56 Å². The number of carbonyl (C=O) groups excluding carboxylic acids is 1. The Morgan fingerprint density at radius 1 is 1.38 bits per heavy atom. The highest BCUT2D eigenvalue weighted by molar-refractivity contribution is 7.93. The molecule has 2 heterocycles. The Bertz CT molecular complexity index is 780. The van der Waals surface area contributed by atoms with Gasteiger partial charge in [-0.2, -0.15) is 0 Å². The zero-order valence-electron chi connectivity index (χ0n) is 13.9. The number of rotatable bonds is 4. The Morgan fingerprint density at radius 2 is 2.08 bits per heavy atom. The van der Waals surface area contributed by atoms with Crippen molar-refractivity contribution < 1.29 is 17.9 Å². The quantitative estimate of drug-likeness (QED) is 0.898. The maximum absolute atomic E-state index is 12.5. The Hall–Kier alpha value is -1.89. The first kappa shape index (κ1) is 17.0. The number of sulfone groups is 1. The van der Waals surface area contributed by atoms with Gasteiger partial charge < -0.3 is 10.1 Å². The van der Waals surface area contributed by atoms with E-state index in [1.54, 1.807) is 13.1 Å². The molecule has 1 aromatic heterocycles. The van der Waals surface area contributed by atoms with E-state index in [1.165, 1.54) is 12.3 Å². The summed E-state index contributed by atoms with van der Waals surface area (Å²) in [5, 5.41) is 3.86. The molecule has 24 heavy (non-hydrogen) atoms. The summed E-state index contributed by atoms with van der Waals surface area (Å²) in [5.41, 5.74) is 1.22. The summed E-state index contributed by atoms with van der Waals surface area (Å²) in [7, 11) is -3.21. The summed E-state index contributed by atoms with van der Waals surface area (Å²) in [5.74, 6) is 0.323. The molecule has 0 bridgehead atoms. The maximum atomic E-state index is 12.5. The van der Waals surface area contributed by atoms with E-state index in [2.05, 4.69) is 10.3 Å². The molecule has 1 saturated carbocycles. The SMILES string of the molecule is CC(C=CS(C)(=O)=O)NC(=O)c1cncc2c1OC1(CCCC1)C2. The molecule has 1 aliphatic carbocycles. The van der Waals surface area contributed by atoms with Crippen molar-refractivity contribution >= 4 is 15.7 Å². The van der Waals surface area contributed by atoms with Gasteiger partial charge in [-0.05, 0) is 32.6 Å². The van der Waals surface area contributed by atoms with Crippen LogP contribution in [-0.2, 0) is 16.3 Å². The van der Waals surface area contributed by atoms with Gasteiger partial charge in [0.2, 0.25) is 0 Å². The molecule has 3 rings (SSSR count). The van der Waals surface area contributed by atoms with Crippen LogP contribution in [0.3, 0.4) is 0 Å². The van der Waals surface area contributed by atoms with Crippen molar-refractivity contribution in [3.63, 3.8) is 0 Å². The maximum Gasteiger partial charge on any atom is 0.257 e. The number of hydrogen-bond acceptors (Lipinski definition) is 5. The fourth-order valence-electron chi connectivity index (χ4n) is 3.39. The summed E-state index contributed by atoms with van der Waals surface area (Å²) in [4.78, 5) is 16.7. The van der Waals surface area contributed by atoms with Crippen LogP contribution in [0.4, 0.5) is 0 Å². The lowest BCUT2D eigenvalue weighted by atomic mass is 9.96. The number of nitrogens with zero attached hydrogens (tertiary/aromatic N) is 1. The monoisotopic (exact) mass is 350 g/mol. The highest BCUT2D eigenvalue weighted by Gasteiger charge is 2.43. The number of hydrogen-bond donors (Lipinski definition) is 1. The minimum Gasteiger partial charge on any atom is -0.486 e. The molecule has 7 heteroatoms. The van der Waals surface area contributed by atoms with E-state index in [-0.39, 0.29) is 11.5 Å². The third-order valence-electron chi connectivity index (χ3n) is 4.53. The average molecular weight is 350 g/mol. The Morgan fingerprint density at radius 3 is 2.75 bits per heavy atom. The van der Waals surface area contributed by atoms with E-state index in [9.17, 15) is 13.2 Å². The number of pyridine rings is 1. The van der Waals surface area contributed by atoms with E-state index in [0.29, 0.717) is 11.3 Å². The van der Waals surface area contributed by atoms with Crippen LogP contribution in [-0.4, -0.2) is 37.2 Å². The van der Waals surface area contributed by atoms with Crippen molar-refractivity contribution in [2.45, 2.75) is 50.7 Å². The standard InChI is InChI=1S/C17H22N2O4S/c1-12(5-8-24(2,21)22)19-16(20)14-11-18-10-13-9-17(23-15(13)14)6-3-4-7-17/h5,8,10-12H,3-4,6-7,9H2,1-2H3,(H,19,20). The molecule has 1 atom stereocenters. The molecule has 0 radical (unpaired) electrons. The van der Waals surface area contributed by atoms with E-state index >= 15 is 0 Å². The van der Waals surface area contributed by atoms with Crippen LogP contribution < -0.4 is 10.1 Å². The third kappa shape index (κ3) is 3.61. The molecule has 0 saturated heterocycles. The van der Waals surface area contributed by atoms with Gasteiger partial charge in [0, 0.05) is 42.1 Å². The summed E-state index contributed by atoms with van der Waals surface area (Å²) in [6.45, 7) is 1.72. The minimum absolute atomic E-state index is 0.164. The van der Waals surface area contributed by atoms with Crippen LogP contribution >= 0.6 is 0 Å². The predicted octanol–water partition coefficient (Wildman–Crippen LogP) is 2.01. The van der Waals surface area contributed by atoms with Crippen molar-refractivity contribution in [1.82, 2.24) is 10.3 Å². The largest absolute Gasteiger partial charge is 0.486 e. The number of fused-ring (bicyclic) bond motifs is 1. The number of ether oxygens (including phenoxy) is 1. The van der Waals surface area contributed by atoms with Gasteiger partial charge in [-0.25, -0.2) is 8.42 Å². The van der Waals surface area contributed by atoms with Crippen LogP contribution in [0.2, 0.25) is 0 Å². The van der Waals surface area contributed by atoms with Crippen LogP contribution in [0.15, 0.2) is 23.9 Å². The van der Waals surface area contributed by atoms with Crippen LogP contribution in [0.5, 0.6) is 5.75 Å². The Kier molecular flexibility index (Phi) is 4.38. The average Bonchev–Trinajstić information content (AvgIpc) is 3.10. The summed E-state index contributed by atoms with van der Waals surface area (Å²) < 4.78 is 28.5. The predicted molar refractivity (Wildman–Crippen MR) is 90.7 cm³/mol. The van der Waals surface area contributed by atoms with Crippen molar-refractivity contribution in [3.05, 3.63) is 35.0 Å². The fraction of sp³-hybridized carbons (Fsp3) is 0.529. The second-order valence-corrected chi connectivity index (χ2v) is 8.70. The van der Waals surface area contributed by atoms with Crippen molar-refractivity contribution in [2.75, 3.05) is 6.26 Å². The molecular formula is C17H22N2O4S.